The second-order valence-electron chi connectivity index (χ2n) is 3.58. The highest BCUT2D eigenvalue weighted by atomic mass is 19.1. The molecule has 2 aromatic rings. The van der Waals surface area contributed by atoms with Crippen LogP contribution in [-0.2, 0) is 0 Å². The van der Waals surface area contributed by atoms with E-state index in [9.17, 15) is 4.39 Å². The van der Waals surface area contributed by atoms with Crippen LogP contribution in [0, 0.1) is 5.82 Å². The Morgan fingerprint density at radius 2 is 2.31 bits per heavy atom. The molecule has 16 heavy (non-hydrogen) atoms. The van der Waals surface area contributed by atoms with Crippen LogP contribution in [-0.4, -0.2) is 15.0 Å². The van der Waals surface area contributed by atoms with Gasteiger partial charge in [-0.2, -0.15) is 0 Å². The normalized spacial score (nSPS) is 12.7. The summed E-state index contributed by atoms with van der Waals surface area (Å²) < 4.78 is 14.5. The molecule has 1 aromatic heterocycles. The van der Waals surface area contributed by atoms with Crippen molar-refractivity contribution in [3.63, 3.8) is 0 Å². The lowest BCUT2D eigenvalue weighted by Crippen LogP contribution is -2.08. The molecular formula is C11H13FN4. The van der Waals surface area contributed by atoms with Crippen molar-refractivity contribution in [2.75, 3.05) is 0 Å². The minimum atomic E-state index is -0.297. The summed E-state index contributed by atoms with van der Waals surface area (Å²) in [6, 6.07) is 6.06. The fraction of sp³-hybridized carbons (Fsp3) is 0.273. The van der Waals surface area contributed by atoms with Crippen molar-refractivity contribution in [1.82, 2.24) is 15.0 Å². The first-order chi connectivity index (χ1) is 7.70. The van der Waals surface area contributed by atoms with Gasteiger partial charge >= 0.3 is 0 Å². The van der Waals surface area contributed by atoms with Crippen molar-refractivity contribution in [3.05, 3.63) is 42.0 Å². The quantitative estimate of drug-likeness (QED) is 0.858. The summed E-state index contributed by atoms with van der Waals surface area (Å²) >= 11 is 0. The average molecular weight is 220 g/mol. The Morgan fingerprint density at radius 1 is 1.50 bits per heavy atom. The summed E-state index contributed by atoms with van der Waals surface area (Å²) in [6.07, 6.45) is 2.52. The number of nitrogens with two attached hydrogens (primary N) is 1. The third kappa shape index (κ3) is 2.09. The van der Waals surface area contributed by atoms with E-state index in [4.69, 9.17) is 5.73 Å². The third-order valence-electron chi connectivity index (χ3n) is 2.40. The van der Waals surface area contributed by atoms with Crippen molar-refractivity contribution in [2.45, 2.75) is 19.4 Å². The lowest BCUT2D eigenvalue weighted by Gasteiger charge is -2.02. The van der Waals surface area contributed by atoms with Gasteiger partial charge in [-0.1, -0.05) is 18.2 Å². The summed E-state index contributed by atoms with van der Waals surface area (Å²) in [5.74, 6) is -0.297. The van der Waals surface area contributed by atoms with E-state index in [1.807, 2.05) is 6.92 Å². The summed E-state index contributed by atoms with van der Waals surface area (Å²) in [7, 11) is 0. The van der Waals surface area contributed by atoms with Gasteiger partial charge in [-0.05, 0) is 24.6 Å². The maximum Gasteiger partial charge on any atom is 0.125 e. The molecule has 0 spiro atoms. The molecule has 0 aliphatic rings. The van der Waals surface area contributed by atoms with Gasteiger partial charge in [0.15, 0.2) is 0 Å². The van der Waals surface area contributed by atoms with Crippen molar-refractivity contribution in [1.29, 1.82) is 0 Å². The Balaban J connectivity index is 2.31. The molecule has 0 bridgehead atoms. The molecule has 0 fully saturated rings. The minimum Gasteiger partial charge on any atom is -0.323 e. The molecule has 0 saturated carbocycles. The molecule has 2 rings (SSSR count). The zero-order valence-corrected chi connectivity index (χ0v) is 8.97. The van der Waals surface area contributed by atoms with Crippen molar-refractivity contribution < 1.29 is 4.39 Å². The largest absolute Gasteiger partial charge is 0.323 e. The Morgan fingerprint density at radius 3 is 3.00 bits per heavy atom. The third-order valence-corrected chi connectivity index (χ3v) is 2.40. The van der Waals surface area contributed by atoms with Crippen molar-refractivity contribution in [2.24, 2.45) is 5.73 Å². The molecule has 0 aliphatic heterocycles. The number of hydrogen-bond donors (Lipinski definition) is 1. The molecule has 4 nitrogen and oxygen atoms in total. The zero-order chi connectivity index (χ0) is 11.5. The number of benzene rings is 1. The van der Waals surface area contributed by atoms with E-state index in [-0.39, 0.29) is 11.9 Å². The maximum absolute atomic E-state index is 13.0. The molecule has 1 atom stereocenters. The molecule has 0 amide bonds. The fourth-order valence-corrected chi connectivity index (χ4v) is 1.40. The molecule has 84 valence electrons. The van der Waals surface area contributed by atoms with Gasteiger partial charge in [0, 0.05) is 0 Å². The topological polar surface area (TPSA) is 56.7 Å². The summed E-state index contributed by atoms with van der Waals surface area (Å²) in [5.41, 5.74) is 7.18. The summed E-state index contributed by atoms with van der Waals surface area (Å²) in [6.45, 7) is 1.98. The van der Waals surface area contributed by atoms with Crippen LogP contribution in [0.5, 0.6) is 0 Å². The predicted octanol–water partition coefficient (Wildman–Crippen LogP) is 1.82. The van der Waals surface area contributed by atoms with Crippen molar-refractivity contribution in [3.8, 4) is 5.69 Å². The second-order valence-corrected chi connectivity index (χ2v) is 3.58. The van der Waals surface area contributed by atoms with Gasteiger partial charge in [0.1, 0.15) is 5.82 Å². The number of nitrogens with zero attached hydrogens (tertiary/aromatic N) is 3. The smallest absolute Gasteiger partial charge is 0.125 e. The van der Waals surface area contributed by atoms with E-state index in [1.54, 1.807) is 18.3 Å². The van der Waals surface area contributed by atoms with Crippen LogP contribution in [0.25, 0.3) is 5.69 Å². The van der Waals surface area contributed by atoms with Crippen LogP contribution in [0.1, 0.15) is 25.1 Å². The van der Waals surface area contributed by atoms with Crippen LogP contribution in [0.2, 0.25) is 0 Å². The standard InChI is InChI=1S/C11H13FN4/c1-2-10(13)11-7-16(15-14-11)9-5-3-4-8(12)6-9/h3-7,10H,2,13H2,1H3. The van der Waals surface area contributed by atoms with E-state index >= 15 is 0 Å². The molecule has 0 radical (unpaired) electrons. The number of hydrogen-bond acceptors (Lipinski definition) is 3. The summed E-state index contributed by atoms with van der Waals surface area (Å²) in [4.78, 5) is 0. The van der Waals surface area contributed by atoms with E-state index in [0.29, 0.717) is 11.4 Å². The molecule has 0 saturated heterocycles. The highest BCUT2D eigenvalue weighted by Gasteiger charge is 2.09. The maximum atomic E-state index is 13.0. The summed E-state index contributed by atoms with van der Waals surface area (Å²) in [5, 5.41) is 7.88. The van der Waals surface area contributed by atoms with Crippen LogP contribution >= 0.6 is 0 Å². The molecule has 1 aromatic carbocycles. The first-order valence-electron chi connectivity index (χ1n) is 5.14. The predicted molar refractivity (Wildman–Crippen MR) is 58.5 cm³/mol. The molecule has 0 aliphatic carbocycles. The fourth-order valence-electron chi connectivity index (χ4n) is 1.40. The molecule has 1 unspecified atom stereocenters. The number of rotatable bonds is 3. The first-order valence-corrected chi connectivity index (χ1v) is 5.14. The highest BCUT2D eigenvalue weighted by Crippen LogP contribution is 2.13. The van der Waals surface area contributed by atoms with E-state index < -0.39 is 0 Å². The first kappa shape index (κ1) is 10.8. The zero-order valence-electron chi connectivity index (χ0n) is 8.97. The Hall–Kier alpha value is -1.75. The van der Waals surface area contributed by atoms with Gasteiger partial charge in [-0.3, -0.25) is 0 Å². The van der Waals surface area contributed by atoms with Gasteiger partial charge < -0.3 is 5.73 Å². The molecule has 5 heteroatoms. The van der Waals surface area contributed by atoms with Gasteiger partial charge in [-0.25, -0.2) is 9.07 Å². The van der Waals surface area contributed by atoms with Gasteiger partial charge in [0.25, 0.3) is 0 Å². The van der Waals surface area contributed by atoms with Crippen LogP contribution in [0.4, 0.5) is 4.39 Å². The highest BCUT2D eigenvalue weighted by molar-refractivity contribution is 5.31. The second kappa shape index (κ2) is 4.40. The molecule has 1 heterocycles. The van der Waals surface area contributed by atoms with E-state index in [1.165, 1.54) is 16.8 Å². The number of halogens is 1. The van der Waals surface area contributed by atoms with Gasteiger partial charge in [0.05, 0.1) is 23.6 Å². The SMILES string of the molecule is CCC(N)c1cn(-c2cccc(F)c2)nn1. The Bertz CT molecular complexity index is 480. The van der Waals surface area contributed by atoms with Gasteiger partial charge in [-0.15, -0.1) is 5.10 Å². The Labute approximate surface area is 92.9 Å². The lowest BCUT2D eigenvalue weighted by molar-refractivity contribution is 0.624. The average Bonchev–Trinajstić information content (AvgIpc) is 2.77. The van der Waals surface area contributed by atoms with Crippen LogP contribution in [0.15, 0.2) is 30.5 Å². The monoisotopic (exact) mass is 220 g/mol. The van der Waals surface area contributed by atoms with Crippen LogP contribution < -0.4 is 5.73 Å². The van der Waals surface area contributed by atoms with Gasteiger partial charge in [0.2, 0.25) is 0 Å². The van der Waals surface area contributed by atoms with Crippen molar-refractivity contribution >= 4 is 0 Å². The van der Waals surface area contributed by atoms with Crippen LogP contribution in [0.3, 0.4) is 0 Å². The van der Waals surface area contributed by atoms with E-state index in [2.05, 4.69) is 10.3 Å². The lowest BCUT2D eigenvalue weighted by atomic mass is 10.2. The van der Waals surface area contributed by atoms with E-state index in [0.717, 1.165) is 6.42 Å². The minimum absolute atomic E-state index is 0.123. The molecule has 2 N–H and O–H groups in total. The molecular weight excluding hydrogens is 207 g/mol. The number of aromatic nitrogens is 3. The Kier molecular flexibility index (Phi) is 2.96.